The summed E-state index contributed by atoms with van der Waals surface area (Å²) in [6.45, 7) is 1.02. The van der Waals surface area contributed by atoms with Gasteiger partial charge < -0.3 is 5.32 Å². The first-order chi connectivity index (χ1) is 9.43. The first-order valence-electron chi connectivity index (χ1n) is 7.37. The molecule has 1 fully saturated rings. The Morgan fingerprint density at radius 3 is 2.79 bits per heavy atom. The Morgan fingerprint density at radius 1 is 1.05 bits per heavy atom. The zero-order valence-electron chi connectivity index (χ0n) is 11.3. The smallest absolute Gasteiger partial charge is 0.137 e. The van der Waals surface area contributed by atoms with Crippen LogP contribution in [0, 0.1) is 5.92 Å². The molecule has 0 saturated heterocycles. The molecule has 0 spiro atoms. The number of nitrogens with zero attached hydrogens (tertiary/aromatic N) is 2. The normalized spacial score (nSPS) is 16.6. The van der Waals surface area contributed by atoms with E-state index >= 15 is 0 Å². The highest BCUT2D eigenvalue weighted by molar-refractivity contribution is 5.88. The molecular formula is C16H21N3. The van der Waals surface area contributed by atoms with Gasteiger partial charge in [0.25, 0.3) is 0 Å². The van der Waals surface area contributed by atoms with Gasteiger partial charge in [-0.1, -0.05) is 44.2 Å². The minimum Gasteiger partial charge on any atom is -0.369 e. The monoisotopic (exact) mass is 255 g/mol. The Bertz CT molecular complexity index is 527. The molecule has 1 aromatic heterocycles. The number of hydrogen-bond donors (Lipinski definition) is 1. The molecule has 0 bridgehead atoms. The Labute approximate surface area is 114 Å². The summed E-state index contributed by atoms with van der Waals surface area (Å²) in [7, 11) is 0. The van der Waals surface area contributed by atoms with Gasteiger partial charge in [0.2, 0.25) is 0 Å². The van der Waals surface area contributed by atoms with Crippen LogP contribution >= 0.6 is 0 Å². The lowest BCUT2D eigenvalue weighted by atomic mass is 9.87. The Balaban J connectivity index is 1.62. The summed E-state index contributed by atoms with van der Waals surface area (Å²) in [6.07, 6.45) is 9.99. The average molecular weight is 255 g/mol. The number of rotatable bonds is 4. The second-order valence-corrected chi connectivity index (χ2v) is 5.46. The van der Waals surface area contributed by atoms with Crippen molar-refractivity contribution in [3.05, 3.63) is 30.6 Å². The van der Waals surface area contributed by atoms with Crippen molar-refractivity contribution in [3.63, 3.8) is 0 Å². The van der Waals surface area contributed by atoms with E-state index < -0.39 is 0 Å². The molecule has 100 valence electrons. The Morgan fingerprint density at radius 2 is 1.89 bits per heavy atom. The number of nitrogens with one attached hydrogen (secondary N) is 1. The standard InChI is InChI=1S/C16H21N3/c1-2-6-13(7-3-1)10-11-17-16-14-8-4-5-9-15(14)18-12-19-16/h4-5,8-9,12-13H,1-3,6-7,10-11H2,(H,17,18,19). The zero-order chi connectivity index (χ0) is 12.9. The van der Waals surface area contributed by atoms with E-state index in [1.165, 1.54) is 38.5 Å². The van der Waals surface area contributed by atoms with Crippen LogP contribution in [0.1, 0.15) is 38.5 Å². The lowest BCUT2D eigenvalue weighted by molar-refractivity contribution is 0.345. The fraction of sp³-hybridized carbons (Fsp3) is 0.500. The van der Waals surface area contributed by atoms with Crippen molar-refractivity contribution in [2.75, 3.05) is 11.9 Å². The maximum absolute atomic E-state index is 4.37. The number of anilines is 1. The number of para-hydroxylation sites is 1. The summed E-state index contributed by atoms with van der Waals surface area (Å²) in [6, 6.07) is 8.17. The van der Waals surface area contributed by atoms with Gasteiger partial charge in [0.1, 0.15) is 12.1 Å². The Kier molecular flexibility index (Phi) is 3.92. The van der Waals surface area contributed by atoms with Crippen LogP contribution < -0.4 is 5.32 Å². The SMILES string of the molecule is c1ccc2c(NCCC3CCCCC3)ncnc2c1. The van der Waals surface area contributed by atoms with E-state index in [2.05, 4.69) is 21.4 Å². The minimum atomic E-state index is 0.911. The van der Waals surface area contributed by atoms with Gasteiger partial charge in [0.15, 0.2) is 0 Å². The molecule has 0 radical (unpaired) electrons. The molecule has 1 aliphatic rings. The van der Waals surface area contributed by atoms with Crippen LogP contribution in [0.25, 0.3) is 10.9 Å². The number of hydrogen-bond acceptors (Lipinski definition) is 3. The van der Waals surface area contributed by atoms with Crippen LogP contribution in [0.4, 0.5) is 5.82 Å². The molecule has 0 aliphatic heterocycles. The lowest BCUT2D eigenvalue weighted by Gasteiger charge is -2.21. The molecule has 3 heteroatoms. The van der Waals surface area contributed by atoms with Crippen molar-refractivity contribution >= 4 is 16.7 Å². The molecule has 1 aliphatic carbocycles. The van der Waals surface area contributed by atoms with Gasteiger partial charge in [-0.3, -0.25) is 0 Å². The number of fused-ring (bicyclic) bond motifs is 1. The first kappa shape index (κ1) is 12.4. The van der Waals surface area contributed by atoms with Crippen LogP contribution in [0.3, 0.4) is 0 Å². The fourth-order valence-electron chi connectivity index (χ4n) is 3.02. The van der Waals surface area contributed by atoms with E-state index in [1.54, 1.807) is 6.33 Å². The van der Waals surface area contributed by atoms with E-state index in [1.807, 2.05) is 18.2 Å². The predicted octanol–water partition coefficient (Wildman–Crippen LogP) is 4.01. The molecule has 0 unspecified atom stereocenters. The topological polar surface area (TPSA) is 37.8 Å². The van der Waals surface area contributed by atoms with Crippen molar-refractivity contribution in [2.45, 2.75) is 38.5 Å². The number of aromatic nitrogens is 2. The molecule has 3 nitrogen and oxygen atoms in total. The quantitative estimate of drug-likeness (QED) is 0.897. The molecular weight excluding hydrogens is 234 g/mol. The third-order valence-electron chi connectivity index (χ3n) is 4.11. The van der Waals surface area contributed by atoms with Gasteiger partial charge in [-0.05, 0) is 24.5 Å². The second-order valence-electron chi connectivity index (χ2n) is 5.46. The van der Waals surface area contributed by atoms with Gasteiger partial charge in [-0.2, -0.15) is 0 Å². The van der Waals surface area contributed by atoms with Gasteiger partial charge in [-0.15, -0.1) is 0 Å². The third kappa shape index (κ3) is 3.03. The fourth-order valence-corrected chi connectivity index (χ4v) is 3.02. The molecule has 1 N–H and O–H groups in total. The predicted molar refractivity (Wildman–Crippen MR) is 79.2 cm³/mol. The van der Waals surface area contributed by atoms with E-state index in [0.717, 1.165) is 29.2 Å². The average Bonchev–Trinajstić information content (AvgIpc) is 2.49. The van der Waals surface area contributed by atoms with Gasteiger partial charge in [-0.25, -0.2) is 9.97 Å². The first-order valence-corrected chi connectivity index (χ1v) is 7.37. The summed E-state index contributed by atoms with van der Waals surface area (Å²) in [5.74, 6) is 1.88. The van der Waals surface area contributed by atoms with Crippen LogP contribution in [0.2, 0.25) is 0 Å². The molecule has 1 heterocycles. The van der Waals surface area contributed by atoms with E-state index in [-0.39, 0.29) is 0 Å². The molecule has 1 aromatic carbocycles. The summed E-state index contributed by atoms with van der Waals surface area (Å²) >= 11 is 0. The highest BCUT2D eigenvalue weighted by atomic mass is 15.0. The van der Waals surface area contributed by atoms with Crippen molar-refractivity contribution in [1.29, 1.82) is 0 Å². The van der Waals surface area contributed by atoms with Crippen LogP contribution in [0.5, 0.6) is 0 Å². The van der Waals surface area contributed by atoms with Crippen molar-refractivity contribution in [2.24, 2.45) is 5.92 Å². The highest BCUT2D eigenvalue weighted by Crippen LogP contribution is 2.26. The van der Waals surface area contributed by atoms with Crippen LogP contribution in [0.15, 0.2) is 30.6 Å². The van der Waals surface area contributed by atoms with E-state index in [4.69, 9.17) is 0 Å². The van der Waals surface area contributed by atoms with Crippen molar-refractivity contribution in [1.82, 2.24) is 9.97 Å². The lowest BCUT2D eigenvalue weighted by Crippen LogP contribution is -2.12. The van der Waals surface area contributed by atoms with Crippen LogP contribution in [-0.2, 0) is 0 Å². The third-order valence-corrected chi connectivity index (χ3v) is 4.11. The summed E-state index contributed by atoms with van der Waals surface area (Å²) < 4.78 is 0. The number of benzene rings is 1. The molecule has 0 amide bonds. The van der Waals surface area contributed by atoms with Gasteiger partial charge in [0.05, 0.1) is 5.52 Å². The van der Waals surface area contributed by atoms with Gasteiger partial charge in [0, 0.05) is 11.9 Å². The highest BCUT2D eigenvalue weighted by Gasteiger charge is 2.13. The van der Waals surface area contributed by atoms with Crippen molar-refractivity contribution in [3.8, 4) is 0 Å². The maximum atomic E-state index is 4.37. The molecule has 0 atom stereocenters. The van der Waals surface area contributed by atoms with Crippen LogP contribution in [-0.4, -0.2) is 16.5 Å². The summed E-state index contributed by atoms with van der Waals surface area (Å²) in [5, 5.41) is 4.60. The second kappa shape index (κ2) is 6.00. The molecule has 3 rings (SSSR count). The Hall–Kier alpha value is -1.64. The zero-order valence-corrected chi connectivity index (χ0v) is 11.3. The summed E-state index contributed by atoms with van der Waals surface area (Å²) in [4.78, 5) is 8.66. The van der Waals surface area contributed by atoms with Crippen molar-refractivity contribution < 1.29 is 0 Å². The molecule has 19 heavy (non-hydrogen) atoms. The summed E-state index contributed by atoms with van der Waals surface area (Å²) in [5.41, 5.74) is 1.01. The van der Waals surface area contributed by atoms with E-state index in [0.29, 0.717) is 0 Å². The molecule has 2 aromatic rings. The largest absolute Gasteiger partial charge is 0.369 e. The minimum absolute atomic E-state index is 0.911. The van der Waals surface area contributed by atoms with E-state index in [9.17, 15) is 0 Å². The molecule has 1 saturated carbocycles. The maximum Gasteiger partial charge on any atom is 0.137 e. The van der Waals surface area contributed by atoms with Gasteiger partial charge >= 0.3 is 0 Å².